The number of aromatic nitrogens is 2. The molecule has 0 unspecified atom stereocenters. The Morgan fingerprint density at radius 3 is 2.87 bits per heavy atom. The lowest BCUT2D eigenvalue weighted by atomic mass is 10.1. The molecule has 0 spiro atoms. The molecule has 2 aromatic rings. The standard InChI is InChI=1S/C16H19N3O4/c1-11-4-3-5-12(2)15(11)22-9-14(20)19-6-7-21-8-13(19)16-17-10-23-18-16/h3-5,10,13H,6-9H2,1-2H3/t13-/m1/s1. The smallest absolute Gasteiger partial charge is 0.261 e. The van der Waals surface area contributed by atoms with Crippen LogP contribution in [0, 0.1) is 13.8 Å². The number of benzene rings is 1. The van der Waals surface area contributed by atoms with Crippen molar-refractivity contribution in [1.82, 2.24) is 15.0 Å². The Labute approximate surface area is 134 Å². The molecule has 122 valence electrons. The van der Waals surface area contributed by atoms with Gasteiger partial charge in [-0.25, -0.2) is 0 Å². The number of nitrogens with zero attached hydrogens (tertiary/aromatic N) is 3. The number of morpholine rings is 1. The Hall–Kier alpha value is -2.41. The van der Waals surface area contributed by atoms with Gasteiger partial charge in [0.15, 0.2) is 12.4 Å². The lowest BCUT2D eigenvalue weighted by Crippen LogP contribution is -2.45. The maximum absolute atomic E-state index is 12.6. The average Bonchev–Trinajstić information content (AvgIpc) is 3.08. The second-order valence-corrected chi connectivity index (χ2v) is 5.48. The molecule has 0 bridgehead atoms. The first kappa shape index (κ1) is 15.5. The van der Waals surface area contributed by atoms with E-state index in [0.29, 0.717) is 25.6 Å². The molecule has 1 aromatic heterocycles. The van der Waals surface area contributed by atoms with Crippen LogP contribution in [0.4, 0.5) is 0 Å². The van der Waals surface area contributed by atoms with Gasteiger partial charge in [-0.1, -0.05) is 23.4 Å². The summed E-state index contributed by atoms with van der Waals surface area (Å²) >= 11 is 0. The number of carbonyl (C=O) groups excluding carboxylic acids is 1. The maximum atomic E-state index is 12.6. The fourth-order valence-corrected chi connectivity index (χ4v) is 2.69. The van der Waals surface area contributed by atoms with Crippen LogP contribution < -0.4 is 4.74 Å². The molecule has 1 aliphatic rings. The molecule has 1 aliphatic heterocycles. The van der Waals surface area contributed by atoms with Crippen LogP contribution in [0.15, 0.2) is 29.1 Å². The number of hydrogen-bond donors (Lipinski definition) is 0. The van der Waals surface area contributed by atoms with Crippen LogP contribution in [0.3, 0.4) is 0 Å². The molecular weight excluding hydrogens is 298 g/mol. The van der Waals surface area contributed by atoms with Gasteiger partial charge in [0.05, 0.1) is 13.2 Å². The number of aryl methyl sites for hydroxylation is 2. The predicted octanol–water partition coefficient (Wildman–Crippen LogP) is 1.67. The summed E-state index contributed by atoms with van der Waals surface area (Å²) in [6.07, 6.45) is 1.25. The van der Waals surface area contributed by atoms with E-state index in [1.54, 1.807) is 4.90 Å². The van der Waals surface area contributed by atoms with Crippen LogP contribution >= 0.6 is 0 Å². The Morgan fingerprint density at radius 2 is 2.17 bits per heavy atom. The average molecular weight is 317 g/mol. The number of rotatable bonds is 4. The van der Waals surface area contributed by atoms with Gasteiger partial charge in [-0.2, -0.15) is 4.98 Å². The van der Waals surface area contributed by atoms with E-state index >= 15 is 0 Å². The van der Waals surface area contributed by atoms with Crippen molar-refractivity contribution in [3.05, 3.63) is 41.5 Å². The van der Waals surface area contributed by atoms with E-state index < -0.39 is 0 Å². The summed E-state index contributed by atoms with van der Waals surface area (Å²) in [5.41, 5.74) is 2.02. The Bertz CT molecular complexity index is 652. The van der Waals surface area contributed by atoms with Gasteiger partial charge < -0.3 is 18.9 Å². The minimum atomic E-state index is -0.337. The summed E-state index contributed by atoms with van der Waals surface area (Å²) in [7, 11) is 0. The van der Waals surface area contributed by atoms with Crippen LogP contribution in [0.25, 0.3) is 0 Å². The number of amides is 1. The van der Waals surface area contributed by atoms with E-state index in [9.17, 15) is 4.79 Å². The van der Waals surface area contributed by atoms with Crippen LogP contribution in [0.5, 0.6) is 5.75 Å². The van der Waals surface area contributed by atoms with Crippen LogP contribution in [-0.2, 0) is 9.53 Å². The summed E-state index contributed by atoms with van der Waals surface area (Å²) < 4.78 is 16.0. The summed E-state index contributed by atoms with van der Waals surface area (Å²) in [4.78, 5) is 18.3. The minimum Gasteiger partial charge on any atom is -0.483 e. The fourth-order valence-electron chi connectivity index (χ4n) is 2.69. The van der Waals surface area contributed by atoms with Gasteiger partial charge >= 0.3 is 0 Å². The highest BCUT2D eigenvalue weighted by Crippen LogP contribution is 2.24. The van der Waals surface area contributed by atoms with Gasteiger partial charge in [-0.3, -0.25) is 4.79 Å². The Balaban J connectivity index is 1.69. The fraction of sp³-hybridized carbons (Fsp3) is 0.438. The summed E-state index contributed by atoms with van der Waals surface area (Å²) in [6, 6.07) is 5.55. The summed E-state index contributed by atoms with van der Waals surface area (Å²) in [5, 5.41) is 3.82. The zero-order valence-corrected chi connectivity index (χ0v) is 13.2. The van der Waals surface area contributed by atoms with E-state index in [1.807, 2.05) is 32.0 Å². The largest absolute Gasteiger partial charge is 0.483 e. The van der Waals surface area contributed by atoms with Crippen LogP contribution in [-0.4, -0.2) is 47.3 Å². The first-order chi connectivity index (χ1) is 11.2. The van der Waals surface area contributed by atoms with Crippen molar-refractivity contribution in [3.63, 3.8) is 0 Å². The highest BCUT2D eigenvalue weighted by atomic mass is 16.5. The van der Waals surface area contributed by atoms with E-state index in [2.05, 4.69) is 10.1 Å². The second-order valence-electron chi connectivity index (χ2n) is 5.48. The molecule has 23 heavy (non-hydrogen) atoms. The van der Waals surface area contributed by atoms with Crippen LogP contribution in [0.2, 0.25) is 0 Å². The van der Waals surface area contributed by atoms with Gasteiger partial charge in [0, 0.05) is 6.54 Å². The monoisotopic (exact) mass is 317 g/mol. The quantitative estimate of drug-likeness (QED) is 0.853. The van der Waals surface area contributed by atoms with E-state index in [0.717, 1.165) is 16.9 Å². The highest BCUT2D eigenvalue weighted by Gasteiger charge is 2.31. The van der Waals surface area contributed by atoms with Gasteiger partial charge in [0.1, 0.15) is 11.8 Å². The zero-order valence-electron chi connectivity index (χ0n) is 13.2. The molecule has 1 saturated heterocycles. The SMILES string of the molecule is Cc1cccc(C)c1OCC(=O)N1CCOC[C@@H]1c1ncon1. The molecule has 2 heterocycles. The molecule has 7 heteroatoms. The molecule has 3 rings (SSSR count). The number of carbonyl (C=O) groups is 1. The van der Waals surface area contributed by atoms with Crippen molar-refractivity contribution in [2.75, 3.05) is 26.4 Å². The molecule has 1 fully saturated rings. The minimum absolute atomic E-state index is 0.0277. The molecule has 0 saturated carbocycles. The molecular formula is C16H19N3O4. The van der Waals surface area contributed by atoms with Crippen molar-refractivity contribution in [1.29, 1.82) is 0 Å². The molecule has 7 nitrogen and oxygen atoms in total. The Kier molecular flexibility index (Phi) is 4.57. The van der Waals surface area contributed by atoms with Crippen molar-refractivity contribution >= 4 is 5.91 Å². The van der Waals surface area contributed by atoms with Gasteiger partial charge in [0.25, 0.3) is 5.91 Å². The van der Waals surface area contributed by atoms with Crippen molar-refractivity contribution in [2.45, 2.75) is 19.9 Å². The molecule has 1 amide bonds. The molecule has 1 aromatic carbocycles. The first-order valence-electron chi connectivity index (χ1n) is 7.49. The predicted molar refractivity (Wildman–Crippen MR) is 81.0 cm³/mol. The zero-order chi connectivity index (χ0) is 16.2. The summed E-state index contributed by atoms with van der Waals surface area (Å²) in [6.45, 7) is 5.22. The maximum Gasteiger partial charge on any atom is 0.261 e. The van der Waals surface area contributed by atoms with Crippen molar-refractivity contribution in [3.8, 4) is 5.75 Å². The molecule has 0 N–H and O–H groups in total. The number of para-hydroxylation sites is 1. The van der Waals surface area contributed by atoms with Crippen LogP contribution in [0.1, 0.15) is 23.0 Å². The Morgan fingerprint density at radius 1 is 1.39 bits per heavy atom. The van der Waals surface area contributed by atoms with E-state index in [4.69, 9.17) is 14.0 Å². The lowest BCUT2D eigenvalue weighted by molar-refractivity contribution is -0.142. The second kappa shape index (κ2) is 6.78. The first-order valence-corrected chi connectivity index (χ1v) is 7.49. The normalized spacial score (nSPS) is 18.0. The molecule has 0 aliphatic carbocycles. The van der Waals surface area contributed by atoms with Crippen molar-refractivity contribution in [2.24, 2.45) is 0 Å². The highest BCUT2D eigenvalue weighted by molar-refractivity contribution is 5.78. The third-order valence-corrected chi connectivity index (χ3v) is 3.87. The topological polar surface area (TPSA) is 77.7 Å². The van der Waals surface area contributed by atoms with Gasteiger partial charge in [-0.15, -0.1) is 0 Å². The van der Waals surface area contributed by atoms with E-state index in [-0.39, 0.29) is 18.6 Å². The number of ether oxygens (including phenoxy) is 2. The number of hydrogen-bond acceptors (Lipinski definition) is 6. The summed E-state index contributed by atoms with van der Waals surface area (Å²) in [5.74, 6) is 1.08. The van der Waals surface area contributed by atoms with Crippen molar-refractivity contribution < 1.29 is 18.8 Å². The van der Waals surface area contributed by atoms with E-state index in [1.165, 1.54) is 6.39 Å². The third kappa shape index (κ3) is 3.34. The van der Waals surface area contributed by atoms with Gasteiger partial charge in [0.2, 0.25) is 6.39 Å². The molecule has 0 radical (unpaired) electrons. The molecule has 1 atom stereocenters. The van der Waals surface area contributed by atoms with Gasteiger partial charge in [-0.05, 0) is 25.0 Å². The lowest BCUT2D eigenvalue weighted by Gasteiger charge is -2.33. The third-order valence-electron chi connectivity index (χ3n) is 3.87.